The highest BCUT2D eigenvalue weighted by atomic mass is 16.6. The summed E-state index contributed by atoms with van der Waals surface area (Å²) < 4.78 is 7.03. The normalized spacial score (nSPS) is 28.0. The van der Waals surface area contributed by atoms with Crippen molar-refractivity contribution in [1.29, 1.82) is 0 Å². The van der Waals surface area contributed by atoms with Crippen LogP contribution in [0.3, 0.4) is 0 Å². The van der Waals surface area contributed by atoms with E-state index in [9.17, 15) is 14.7 Å². The lowest BCUT2D eigenvalue weighted by molar-refractivity contribution is -0.123. The van der Waals surface area contributed by atoms with Crippen LogP contribution in [0.4, 0.5) is 5.82 Å². The van der Waals surface area contributed by atoms with Crippen LogP contribution in [0.15, 0.2) is 11.0 Å². The number of carbonyl (C=O) groups is 1. The molecule has 2 N–H and O–H groups in total. The SMILES string of the molecule is CC(=O)[C@H]1C[C@H](n2cc3c(nc2=O)NOCC3)O[C@@H]1CO. The van der Waals surface area contributed by atoms with Gasteiger partial charge in [0.25, 0.3) is 0 Å². The number of rotatable bonds is 3. The topological polar surface area (TPSA) is 103 Å². The molecule has 0 aromatic carbocycles. The molecule has 2 aliphatic rings. The molecule has 0 aliphatic carbocycles. The molecule has 3 atom stereocenters. The molecule has 1 aromatic heterocycles. The third-order valence-electron chi connectivity index (χ3n) is 3.92. The zero-order chi connectivity index (χ0) is 15.0. The minimum absolute atomic E-state index is 0.0504. The van der Waals surface area contributed by atoms with E-state index in [0.717, 1.165) is 5.56 Å². The van der Waals surface area contributed by atoms with Gasteiger partial charge in [-0.1, -0.05) is 0 Å². The molecule has 0 radical (unpaired) electrons. The quantitative estimate of drug-likeness (QED) is 0.784. The first kappa shape index (κ1) is 14.2. The molecule has 1 aromatic rings. The minimum Gasteiger partial charge on any atom is -0.394 e. The first-order valence-electron chi connectivity index (χ1n) is 6.86. The summed E-state index contributed by atoms with van der Waals surface area (Å²) in [5.74, 6) is -0.0303. The molecule has 0 saturated carbocycles. The van der Waals surface area contributed by atoms with E-state index in [1.54, 1.807) is 6.20 Å². The Morgan fingerprint density at radius 2 is 2.43 bits per heavy atom. The predicted molar refractivity (Wildman–Crippen MR) is 71.6 cm³/mol. The Morgan fingerprint density at radius 1 is 1.62 bits per heavy atom. The number of nitrogens with one attached hydrogen (secondary N) is 1. The average molecular weight is 295 g/mol. The Morgan fingerprint density at radius 3 is 3.10 bits per heavy atom. The van der Waals surface area contributed by atoms with Crippen LogP contribution in [0.5, 0.6) is 0 Å². The van der Waals surface area contributed by atoms with Crippen LogP contribution in [-0.4, -0.2) is 39.8 Å². The molecular weight excluding hydrogens is 278 g/mol. The van der Waals surface area contributed by atoms with Gasteiger partial charge in [-0.15, -0.1) is 0 Å². The van der Waals surface area contributed by atoms with Gasteiger partial charge in [0.1, 0.15) is 12.0 Å². The number of aromatic nitrogens is 2. The van der Waals surface area contributed by atoms with Gasteiger partial charge in [0.2, 0.25) is 0 Å². The van der Waals surface area contributed by atoms with Crippen molar-refractivity contribution in [3.8, 4) is 0 Å². The number of anilines is 1. The Hall–Kier alpha value is -1.77. The molecule has 114 valence electrons. The summed E-state index contributed by atoms with van der Waals surface area (Å²) in [4.78, 5) is 32.6. The van der Waals surface area contributed by atoms with Crippen molar-refractivity contribution in [3.63, 3.8) is 0 Å². The van der Waals surface area contributed by atoms with Gasteiger partial charge in [0.15, 0.2) is 5.82 Å². The molecule has 3 heterocycles. The highest BCUT2D eigenvalue weighted by Crippen LogP contribution is 2.33. The first-order valence-corrected chi connectivity index (χ1v) is 6.86. The molecular formula is C13H17N3O5. The fourth-order valence-corrected chi connectivity index (χ4v) is 2.77. The second-order valence-corrected chi connectivity index (χ2v) is 5.27. The number of ether oxygens (including phenoxy) is 1. The van der Waals surface area contributed by atoms with E-state index >= 15 is 0 Å². The van der Waals surface area contributed by atoms with Gasteiger partial charge in [0, 0.05) is 24.6 Å². The van der Waals surface area contributed by atoms with E-state index < -0.39 is 23.9 Å². The van der Waals surface area contributed by atoms with Crippen molar-refractivity contribution < 1.29 is 19.5 Å². The van der Waals surface area contributed by atoms with Gasteiger partial charge in [-0.25, -0.2) is 10.3 Å². The third kappa shape index (κ3) is 2.57. The van der Waals surface area contributed by atoms with E-state index in [1.807, 2.05) is 0 Å². The maximum absolute atomic E-state index is 12.1. The Kier molecular flexibility index (Phi) is 3.75. The summed E-state index contributed by atoms with van der Waals surface area (Å²) in [6.45, 7) is 1.71. The number of carbonyl (C=O) groups excluding carboxylic acids is 1. The van der Waals surface area contributed by atoms with Crippen molar-refractivity contribution >= 4 is 11.6 Å². The largest absolute Gasteiger partial charge is 0.394 e. The maximum atomic E-state index is 12.1. The highest BCUT2D eigenvalue weighted by molar-refractivity contribution is 5.79. The monoisotopic (exact) mass is 295 g/mol. The predicted octanol–water partition coefficient (Wildman–Crippen LogP) is -0.372. The summed E-state index contributed by atoms with van der Waals surface area (Å²) in [6.07, 6.45) is 1.54. The fourth-order valence-electron chi connectivity index (χ4n) is 2.77. The molecule has 8 nitrogen and oxygen atoms in total. The molecule has 1 fully saturated rings. The van der Waals surface area contributed by atoms with Crippen molar-refractivity contribution in [2.45, 2.75) is 32.1 Å². The second kappa shape index (κ2) is 5.55. The van der Waals surface area contributed by atoms with Gasteiger partial charge in [-0.05, 0) is 6.92 Å². The molecule has 0 bridgehead atoms. The van der Waals surface area contributed by atoms with Crippen LogP contribution in [0, 0.1) is 5.92 Å². The second-order valence-electron chi connectivity index (χ2n) is 5.27. The Labute approximate surface area is 120 Å². The van der Waals surface area contributed by atoms with Crippen molar-refractivity contribution in [1.82, 2.24) is 9.55 Å². The van der Waals surface area contributed by atoms with E-state index in [4.69, 9.17) is 9.57 Å². The Balaban J connectivity index is 1.91. The van der Waals surface area contributed by atoms with Crippen LogP contribution in [0.2, 0.25) is 0 Å². The lowest BCUT2D eigenvalue weighted by Crippen LogP contribution is -2.31. The summed E-state index contributed by atoms with van der Waals surface area (Å²) in [7, 11) is 0. The summed E-state index contributed by atoms with van der Waals surface area (Å²) >= 11 is 0. The number of aliphatic hydroxyl groups is 1. The zero-order valence-electron chi connectivity index (χ0n) is 11.6. The lowest BCUT2D eigenvalue weighted by Gasteiger charge is -2.20. The van der Waals surface area contributed by atoms with Gasteiger partial charge < -0.3 is 9.84 Å². The van der Waals surface area contributed by atoms with E-state index in [2.05, 4.69) is 10.5 Å². The smallest absolute Gasteiger partial charge is 0.351 e. The van der Waals surface area contributed by atoms with Gasteiger partial charge in [0.05, 0.1) is 25.2 Å². The van der Waals surface area contributed by atoms with Crippen molar-refractivity contribution in [2.24, 2.45) is 5.92 Å². The maximum Gasteiger partial charge on any atom is 0.351 e. The molecule has 3 rings (SSSR count). The number of nitrogens with zero attached hydrogens (tertiary/aromatic N) is 2. The van der Waals surface area contributed by atoms with Crippen molar-refractivity contribution in [3.05, 3.63) is 22.2 Å². The first-order chi connectivity index (χ1) is 10.1. The summed E-state index contributed by atoms with van der Waals surface area (Å²) in [5, 5.41) is 9.30. The van der Waals surface area contributed by atoms with Crippen LogP contribution < -0.4 is 11.2 Å². The number of Topliss-reactive ketones (excluding diaryl/α,β-unsaturated/α-hetero) is 1. The van der Waals surface area contributed by atoms with Gasteiger partial charge >= 0.3 is 5.69 Å². The summed E-state index contributed by atoms with van der Waals surface area (Å²) in [5.41, 5.74) is 2.99. The molecule has 21 heavy (non-hydrogen) atoms. The van der Waals surface area contributed by atoms with Crippen LogP contribution in [0.25, 0.3) is 0 Å². The number of hydrogen-bond donors (Lipinski definition) is 2. The third-order valence-corrected chi connectivity index (χ3v) is 3.92. The van der Waals surface area contributed by atoms with E-state index in [1.165, 1.54) is 11.5 Å². The average Bonchev–Trinajstić information content (AvgIpc) is 2.90. The molecule has 8 heteroatoms. The molecule has 0 unspecified atom stereocenters. The number of ketones is 1. The van der Waals surface area contributed by atoms with Crippen LogP contribution in [0.1, 0.15) is 25.1 Å². The minimum atomic E-state index is -0.579. The number of hydrogen-bond acceptors (Lipinski definition) is 7. The van der Waals surface area contributed by atoms with Crippen molar-refractivity contribution in [2.75, 3.05) is 18.7 Å². The molecule has 2 aliphatic heterocycles. The standard InChI is InChI=1S/C13H17N3O5/c1-7(18)9-4-11(21-10(9)6-17)16-5-8-2-3-20-15-12(8)14-13(16)19/h5,9-11,17H,2-4,6H2,1H3,(H,14,15,19)/t9-,10-,11-/m1/s1. The van der Waals surface area contributed by atoms with Gasteiger partial charge in [-0.3, -0.25) is 14.2 Å². The highest BCUT2D eigenvalue weighted by Gasteiger charge is 2.39. The lowest BCUT2D eigenvalue weighted by atomic mass is 9.97. The summed E-state index contributed by atoms with van der Waals surface area (Å²) in [6, 6.07) is 0. The van der Waals surface area contributed by atoms with Gasteiger partial charge in [-0.2, -0.15) is 4.98 Å². The fraction of sp³-hybridized carbons (Fsp3) is 0.615. The van der Waals surface area contributed by atoms with Crippen LogP contribution in [-0.2, 0) is 20.8 Å². The number of fused-ring (bicyclic) bond motifs is 1. The van der Waals surface area contributed by atoms with E-state index in [-0.39, 0.29) is 12.4 Å². The number of aliphatic hydroxyl groups excluding tert-OH is 1. The Bertz CT molecular complexity index is 614. The van der Waals surface area contributed by atoms with Crippen LogP contribution >= 0.6 is 0 Å². The molecule has 0 amide bonds. The molecule has 0 spiro atoms. The van der Waals surface area contributed by atoms with E-state index in [0.29, 0.717) is 25.3 Å². The molecule has 1 saturated heterocycles. The zero-order valence-corrected chi connectivity index (χ0v) is 11.6.